The summed E-state index contributed by atoms with van der Waals surface area (Å²) in [6.07, 6.45) is 9.18. The number of ether oxygens (including phenoxy) is 1. The molecule has 2 amide bonds. The van der Waals surface area contributed by atoms with Gasteiger partial charge in [0.05, 0.1) is 12.6 Å². The maximum atomic E-state index is 13.5. The number of aliphatic hydroxyl groups is 1. The zero-order valence-electron chi connectivity index (χ0n) is 21.2. The Labute approximate surface area is 218 Å². The van der Waals surface area contributed by atoms with Gasteiger partial charge in [0.2, 0.25) is 11.8 Å². The van der Waals surface area contributed by atoms with Crippen molar-refractivity contribution in [2.45, 2.75) is 38.5 Å². The first-order chi connectivity index (χ1) is 18.0. The van der Waals surface area contributed by atoms with E-state index in [4.69, 9.17) is 4.74 Å². The Hall–Kier alpha value is -3.23. The largest absolute Gasteiger partial charge is 0.489 e. The third-order valence-electron chi connectivity index (χ3n) is 7.71. The standard InChI is InChI=1S/C29H36N4O4/c34-26-10-14-33(20-26)28(35)16-23-9-13-32-19-24(23)5-3-15-37-27-6-2-1-4-25(27)18-31(21-29(32)36)17-22-7-11-30-12-8-22/h1-8,11-12,23-24,26,34H,9-10,13-21H2/b5-3+/t23-,24-,26+/m0/s1. The first-order valence-corrected chi connectivity index (χ1v) is 13.3. The number of nitrogens with zero attached hydrogens (tertiary/aromatic N) is 4. The van der Waals surface area contributed by atoms with Crippen LogP contribution in [-0.2, 0) is 22.7 Å². The lowest BCUT2D eigenvalue weighted by Crippen LogP contribution is -2.47. The molecule has 3 aliphatic rings. The molecule has 0 saturated carbocycles. The van der Waals surface area contributed by atoms with Gasteiger partial charge in [0.1, 0.15) is 12.4 Å². The molecule has 2 bridgehead atoms. The maximum Gasteiger partial charge on any atom is 0.236 e. The molecular formula is C29H36N4O4. The Morgan fingerprint density at radius 3 is 2.70 bits per heavy atom. The van der Waals surface area contributed by atoms with Gasteiger partial charge in [0.25, 0.3) is 0 Å². The summed E-state index contributed by atoms with van der Waals surface area (Å²) in [5.41, 5.74) is 2.15. The van der Waals surface area contributed by atoms with Crippen molar-refractivity contribution < 1.29 is 19.4 Å². The number of aromatic nitrogens is 1. The summed E-state index contributed by atoms with van der Waals surface area (Å²) in [6, 6.07) is 12.0. The van der Waals surface area contributed by atoms with E-state index in [0.29, 0.717) is 65.3 Å². The van der Waals surface area contributed by atoms with Crippen LogP contribution in [0.4, 0.5) is 0 Å². The number of amides is 2. The second-order valence-corrected chi connectivity index (χ2v) is 10.4. The molecule has 5 rings (SSSR count). The third-order valence-corrected chi connectivity index (χ3v) is 7.71. The first-order valence-electron chi connectivity index (χ1n) is 13.3. The minimum absolute atomic E-state index is 0.0856. The lowest BCUT2D eigenvalue weighted by Gasteiger charge is -2.38. The van der Waals surface area contributed by atoms with E-state index in [2.05, 4.69) is 22.0 Å². The van der Waals surface area contributed by atoms with Crippen molar-refractivity contribution in [1.82, 2.24) is 19.7 Å². The number of carbonyl (C=O) groups is 2. The minimum Gasteiger partial charge on any atom is -0.489 e. The van der Waals surface area contributed by atoms with Crippen LogP contribution in [0.2, 0.25) is 0 Å². The van der Waals surface area contributed by atoms with E-state index in [1.807, 2.05) is 41.3 Å². The van der Waals surface area contributed by atoms with Crippen LogP contribution in [0, 0.1) is 11.8 Å². The average molecular weight is 505 g/mol. The van der Waals surface area contributed by atoms with Gasteiger partial charge in [-0.15, -0.1) is 0 Å². The number of likely N-dealkylation sites (tertiary alicyclic amines) is 1. The summed E-state index contributed by atoms with van der Waals surface area (Å²) in [4.78, 5) is 36.5. The number of para-hydroxylation sites is 1. The highest BCUT2D eigenvalue weighted by Gasteiger charge is 2.34. The van der Waals surface area contributed by atoms with Crippen LogP contribution in [0.5, 0.6) is 5.75 Å². The van der Waals surface area contributed by atoms with Crippen LogP contribution in [0.1, 0.15) is 30.4 Å². The van der Waals surface area contributed by atoms with E-state index in [0.717, 1.165) is 23.3 Å². The zero-order valence-corrected chi connectivity index (χ0v) is 21.2. The highest BCUT2D eigenvalue weighted by Crippen LogP contribution is 2.30. The summed E-state index contributed by atoms with van der Waals surface area (Å²) in [7, 11) is 0. The number of piperidine rings is 1. The topological polar surface area (TPSA) is 86.2 Å². The summed E-state index contributed by atoms with van der Waals surface area (Å²) in [5.74, 6) is 1.28. The Morgan fingerprint density at radius 2 is 1.89 bits per heavy atom. The van der Waals surface area contributed by atoms with Crippen molar-refractivity contribution in [1.29, 1.82) is 0 Å². The van der Waals surface area contributed by atoms with E-state index in [-0.39, 0.29) is 23.7 Å². The van der Waals surface area contributed by atoms with Crippen LogP contribution in [0.15, 0.2) is 60.9 Å². The average Bonchev–Trinajstić information content (AvgIpc) is 3.35. The van der Waals surface area contributed by atoms with E-state index in [1.165, 1.54) is 0 Å². The van der Waals surface area contributed by atoms with Crippen molar-refractivity contribution in [3.8, 4) is 5.75 Å². The molecule has 2 fully saturated rings. The number of rotatable bonds is 4. The van der Waals surface area contributed by atoms with E-state index in [9.17, 15) is 14.7 Å². The van der Waals surface area contributed by atoms with Crippen molar-refractivity contribution in [2.24, 2.45) is 11.8 Å². The van der Waals surface area contributed by atoms with Gasteiger partial charge in [-0.25, -0.2) is 0 Å². The fraction of sp³-hybridized carbons (Fsp3) is 0.483. The normalized spacial score (nSPS) is 25.9. The van der Waals surface area contributed by atoms with E-state index < -0.39 is 6.10 Å². The van der Waals surface area contributed by atoms with Crippen molar-refractivity contribution in [3.63, 3.8) is 0 Å². The Balaban J connectivity index is 1.34. The summed E-state index contributed by atoms with van der Waals surface area (Å²) >= 11 is 0. The Morgan fingerprint density at radius 1 is 1.05 bits per heavy atom. The fourth-order valence-corrected chi connectivity index (χ4v) is 5.64. The molecule has 196 valence electrons. The molecule has 1 aromatic carbocycles. The monoisotopic (exact) mass is 504 g/mol. The Kier molecular flexibility index (Phi) is 8.16. The number of β-amino-alcohol motifs (C(OH)–C–C–N with tert-alkyl or cyclic N) is 1. The smallest absolute Gasteiger partial charge is 0.236 e. The quantitative estimate of drug-likeness (QED) is 0.644. The second-order valence-electron chi connectivity index (χ2n) is 10.4. The molecule has 1 aromatic heterocycles. The van der Waals surface area contributed by atoms with Crippen molar-refractivity contribution in [2.75, 3.05) is 39.3 Å². The molecular weight excluding hydrogens is 468 g/mol. The summed E-state index contributed by atoms with van der Waals surface area (Å²) in [6.45, 7) is 4.29. The first kappa shape index (κ1) is 25.4. The fourth-order valence-electron chi connectivity index (χ4n) is 5.64. The number of benzene rings is 1. The van der Waals surface area contributed by atoms with Crippen LogP contribution in [0.25, 0.3) is 0 Å². The molecule has 4 heterocycles. The van der Waals surface area contributed by atoms with Crippen molar-refractivity contribution >= 4 is 11.8 Å². The molecule has 3 atom stereocenters. The molecule has 2 aromatic rings. The molecule has 2 saturated heterocycles. The predicted molar refractivity (Wildman–Crippen MR) is 139 cm³/mol. The molecule has 3 aliphatic heterocycles. The number of fused-ring (bicyclic) bond motifs is 3. The molecule has 0 aliphatic carbocycles. The SMILES string of the molecule is O=C(C[C@@H]1CCN2C[C@@H]1/C=C/COc1ccccc1CN(Cc1ccncc1)CC2=O)N1CC[C@@H](O)C1. The highest BCUT2D eigenvalue weighted by molar-refractivity contribution is 5.79. The van der Waals surface area contributed by atoms with Gasteiger partial charge in [0, 0.05) is 63.6 Å². The molecule has 0 spiro atoms. The van der Waals surface area contributed by atoms with Crippen LogP contribution >= 0.6 is 0 Å². The summed E-state index contributed by atoms with van der Waals surface area (Å²) < 4.78 is 6.15. The zero-order chi connectivity index (χ0) is 25.6. The van der Waals surface area contributed by atoms with Crippen LogP contribution < -0.4 is 4.74 Å². The molecule has 37 heavy (non-hydrogen) atoms. The number of pyridine rings is 1. The van der Waals surface area contributed by atoms with Gasteiger partial charge in [-0.05, 0) is 48.4 Å². The number of aliphatic hydroxyl groups excluding tert-OH is 1. The Bertz CT molecular complexity index is 1110. The van der Waals surface area contributed by atoms with Gasteiger partial charge in [-0.1, -0.05) is 30.4 Å². The lowest BCUT2D eigenvalue weighted by molar-refractivity contribution is -0.136. The minimum atomic E-state index is -0.413. The van der Waals surface area contributed by atoms with Crippen molar-refractivity contribution in [3.05, 3.63) is 72.1 Å². The summed E-state index contributed by atoms with van der Waals surface area (Å²) in [5, 5.41) is 9.84. The molecule has 1 N–H and O–H groups in total. The lowest BCUT2D eigenvalue weighted by atomic mass is 9.82. The van der Waals surface area contributed by atoms with Gasteiger partial charge < -0.3 is 19.6 Å². The molecule has 0 radical (unpaired) electrons. The third kappa shape index (κ3) is 6.56. The molecule has 8 heteroatoms. The number of carbonyl (C=O) groups excluding carboxylic acids is 2. The second kappa shape index (κ2) is 11.9. The number of hydrogen-bond donors (Lipinski definition) is 1. The van der Waals surface area contributed by atoms with Gasteiger partial charge in [-0.2, -0.15) is 0 Å². The van der Waals surface area contributed by atoms with E-state index in [1.54, 1.807) is 17.3 Å². The van der Waals surface area contributed by atoms with E-state index >= 15 is 0 Å². The predicted octanol–water partition coefficient (Wildman–Crippen LogP) is 2.48. The highest BCUT2D eigenvalue weighted by atomic mass is 16.5. The van der Waals surface area contributed by atoms with Crippen LogP contribution in [-0.4, -0.2) is 82.0 Å². The van der Waals surface area contributed by atoms with Gasteiger partial charge in [-0.3, -0.25) is 19.5 Å². The van der Waals surface area contributed by atoms with Gasteiger partial charge >= 0.3 is 0 Å². The molecule has 8 nitrogen and oxygen atoms in total. The maximum absolute atomic E-state index is 13.5. The van der Waals surface area contributed by atoms with Gasteiger partial charge in [0.15, 0.2) is 0 Å². The van der Waals surface area contributed by atoms with Crippen LogP contribution in [0.3, 0.4) is 0 Å². The number of hydrogen-bond acceptors (Lipinski definition) is 6. The molecule has 0 unspecified atom stereocenters.